The summed E-state index contributed by atoms with van der Waals surface area (Å²) in [7, 11) is 0. The second-order valence-electron chi connectivity index (χ2n) is 7.93. The normalized spacial score (nSPS) is 22.5. The fourth-order valence-corrected chi connectivity index (χ4v) is 4.55. The zero-order valence-electron chi connectivity index (χ0n) is 15.4. The first-order valence-corrected chi connectivity index (χ1v) is 9.90. The summed E-state index contributed by atoms with van der Waals surface area (Å²) in [6.07, 6.45) is 7.51. The highest BCUT2D eigenvalue weighted by Crippen LogP contribution is 2.36. The molecule has 3 aliphatic rings. The van der Waals surface area contributed by atoms with Crippen molar-refractivity contribution in [2.24, 2.45) is 0 Å². The molecule has 26 heavy (non-hydrogen) atoms. The highest BCUT2D eigenvalue weighted by molar-refractivity contribution is 5.95. The Hall–Kier alpha value is -2.14. The van der Waals surface area contributed by atoms with E-state index in [2.05, 4.69) is 28.6 Å². The van der Waals surface area contributed by atoms with E-state index in [1.807, 2.05) is 16.5 Å². The van der Waals surface area contributed by atoms with Crippen LogP contribution in [-0.4, -0.2) is 33.7 Å². The van der Waals surface area contributed by atoms with Crippen LogP contribution < -0.4 is 5.32 Å². The molecule has 1 saturated carbocycles. The van der Waals surface area contributed by atoms with Crippen molar-refractivity contribution in [2.75, 3.05) is 13.1 Å². The molecule has 5 heteroatoms. The molecule has 1 amide bonds. The van der Waals surface area contributed by atoms with Gasteiger partial charge < -0.3 is 10.2 Å². The van der Waals surface area contributed by atoms with Gasteiger partial charge in [0.25, 0.3) is 5.91 Å². The first-order valence-electron chi connectivity index (χ1n) is 9.90. The van der Waals surface area contributed by atoms with Gasteiger partial charge in [0.1, 0.15) is 0 Å². The van der Waals surface area contributed by atoms with Crippen molar-refractivity contribution < 1.29 is 4.79 Å². The topological polar surface area (TPSA) is 50.2 Å². The largest absolute Gasteiger partial charge is 0.334 e. The molecule has 5 nitrogen and oxygen atoms in total. The Morgan fingerprint density at radius 1 is 1.27 bits per heavy atom. The number of hydrogen-bond donors (Lipinski definition) is 1. The monoisotopic (exact) mass is 350 g/mol. The average molecular weight is 350 g/mol. The van der Waals surface area contributed by atoms with Crippen LogP contribution in [0, 0.1) is 6.92 Å². The fraction of sp³-hybridized carbons (Fsp3) is 0.524. The van der Waals surface area contributed by atoms with Crippen LogP contribution in [0.15, 0.2) is 24.4 Å². The van der Waals surface area contributed by atoms with Gasteiger partial charge in [-0.25, -0.2) is 0 Å². The van der Waals surface area contributed by atoms with Gasteiger partial charge in [-0.3, -0.25) is 9.48 Å². The maximum atomic E-state index is 13.2. The number of rotatable bonds is 3. The molecule has 1 saturated heterocycles. The van der Waals surface area contributed by atoms with Crippen molar-refractivity contribution in [1.82, 2.24) is 20.0 Å². The zero-order valence-corrected chi connectivity index (χ0v) is 15.4. The number of benzene rings is 1. The first kappa shape index (κ1) is 16.1. The summed E-state index contributed by atoms with van der Waals surface area (Å²) in [4.78, 5) is 15.2. The SMILES string of the molecule is Cc1c(C(=O)N2CCc3cccc([C@@H]4CCCN4)c3C2)cnn1C1CC1. The molecule has 2 aromatic rings. The van der Waals surface area contributed by atoms with Gasteiger partial charge in [-0.2, -0.15) is 5.10 Å². The molecule has 1 aromatic carbocycles. The minimum absolute atomic E-state index is 0.134. The number of amides is 1. The average Bonchev–Trinajstić information content (AvgIpc) is 3.21. The lowest BCUT2D eigenvalue weighted by molar-refractivity contribution is 0.0733. The summed E-state index contributed by atoms with van der Waals surface area (Å²) in [5.74, 6) is 0.134. The molecule has 2 fully saturated rings. The Bertz CT molecular complexity index is 846. The predicted octanol–water partition coefficient (Wildman–Crippen LogP) is 3.15. The molecule has 1 aromatic heterocycles. The molecule has 136 valence electrons. The molecule has 0 bridgehead atoms. The van der Waals surface area contributed by atoms with Crippen LogP contribution in [0.25, 0.3) is 0 Å². The number of nitrogens with zero attached hydrogens (tertiary/aromatic N) is 3. The van der Waals surface area contributed by atoms with Gasteiger partial charge in [0, 0.05) is 24.8 Å². The van der Waals surface area contributed by atoms with Crippen LogP contribution >= 0.6 is 0 Å². The van der Waals surface area contributed by atoms with E-state index in [0.29, 0.717) is 12.1 Å². The molecule has 1 N–H and O–H groups in total. The summed E-state index contributed by atoms with van der Waals surface area (Å²) >= 11 is 0. The Morgan fingerprint density at radius 3 is 2.92 bits per heavy atom. The Balaban J connectivity index is 1.42. The summed E-state index contributed by atoms with van der Waals surface area (Å²) in [5.41, 5.74) is 5.96. The van der Waals surface area contributed by atoms with E-state index in [4.69, 9.17) is 0 Å². The van der Waals surface area contributed by atoms with E-state index in [0.717, 1.165) is 37.3 Å². The van der Waals surface area contributed by atoms with Gasteiger partial charge in [0.15, 0.2) is 0 Å². The van der Waals surface area contributed by atoms with Crippen LogP contribution in [0.1, 0.15) is 70.5 Å². The molecule has 0 unspecified atom stereocenters. The highest BCUT2D eigenvalue weighted by Gasteiger charge is 2.31. The lowest BCUT2D eigenvalue weighted by Gasteiger charge is -2.31. The van der Waals surface area contributed by atoms with Gasteiger partial charge in [-0.1, -0.05) is 18.2 Å². The standard InChI is InChI=1S/C21H26N4O/c1-14-18(12-23-25(14)16-7-8-16)21(26)24-11-9-15-4-2-5-17(19(15)13-24)20-6-3-10-22-20/h2,4-5,12,16,20,22H,3,6-11,13H2,1H3/t20-/m0/s1. The first-order chi connectivity index (χ1) is 12.7. The summed E-state index contributed by atoms with van der Waals surface area (Å²) < 4.78 is 2.04. The molecule has 0 radical (unpaired) electrons. The molecule has 1 aliphatic carbocycles. The molecule has 3 heterocycles. The van der Waals surface area contributed by atoms with E-state index in [9.17, 15) is 4.79 Å². The molecular formula is C21H26N4O. The van der Waals surface area contributed by atoms with Crippen LogP contribution in [0.3, 0.4) is 0 Å². The van der Waals surface area contributed by atoms with Crippen LogP contribution in [0.2, 0.25) is 0 Å². The van der Waals surface area contributed by atoms with Crippen molar-refractivity contribution in [2.45, 2.75) is 57.7 Å². The molecule has 5 rings (SSSR count). The van der Waals surface area contributed by atoms with Gasteiger partial charge in [-0.05, 0) is 62.3 Å². The maximum absolute atomic E-state index is 13.2. The highest BCUT2D eigenvalue weighted by atomic mass is 16.2. The number of aromatic nitrogens is 2. The van der Waals surface area contributed by atoms with E-state index >= 15 is 0 Å². The third kappa shape index (κ3) is 2.65. The minimum Gasteiger partial charge on any atom is -0.334 e. The number of hydrogen-bond acceptors (Lipinski definition) is 3. The third-order valence-electron chi connectivity index (χ3n) is 6.20. The van der Waals surface area contributed by atoms with Crippen molar-refractivity contribution >= 4 is 5.91 Å². The Kier molecular flexibility index (Phi) is 3.85. The van der Waals surface area contributed by atoms with Gasteiger partial charge in [-0.15, -0.1) is 0 Å². The quantitative estimate of drug-likeness (QED) is 0.925. The molecule has 1 atom stereocenters. The predicted molar refractivity (Wildman–Crippen MR) is 100 cm³/mol. The zero-order chi connectivity index (χ0) is 17.7. The molecule has 0 spiro atoms. The van der Waals surface area contributed by atoms with Gasteiger partial charge in [0.05, 0.1) is 17.8 Å². The second kappa shape index (κ2) is 6.23. The van der Waals surface area contributed by atoms with E-state index in [1.165, 1.54) is 42.4 Å². The number of nitrogens with one attached hydrogen (secondary N) is 1. The fourth-order valence-electron chi connectivity index (χ4n) is 4.55. The van der Waals surface area contributed by atoms with Gasteiger partial charge >= 0.3 is 0 Å². The van der Waals surface area contributed by atoms with Gasteiger partial charge in [0.2, 0.25) is 0 Å². The Labute approximate surface area is 154 Å². The lowest BCUT2D eigenvalue weighted by Crippen LogP contribution is -2.37. The van der Waals surface area contributed by atoms with Crippen LogP contribution in [-0.2, 0) is 13.0 Å². The number of carbonyl (C=O) groups is 1. The lowest BCUT2D eigenvalue weighted by atomic mass is 9.90. The summed E-state index contributed by atoms with van der Waals surface area (Å²) in [5, 5.41) is 8.09. The van der Waals surface area contributed by atoms with Crippen LogP contribution in [0.4, 0.5) is 0 Å². The Morgan fingerprint density at radius 2 is 2.15 bits per heavy atom. The van der Waals surface area contributed by atoms with Crippen molar-refractivity contribution in [3.63, 3.8) is 0 Å². The molecular weight excluding hydrogens is 324 g/mol. The number of fused-ring (bicyclic) bond motifs is 1. The third-order valence-corrected chi connectivity index (χ3v) is 6.20. The van der Waals surface area contributed by atoms with Crippen molar-refractivity contribution in [3.8, 4) is 0 Å². The van der Waals surface area contributed by atoms with E-state index in [1.54, 1.807) is 6.20 Å². The number of carbonyl (C=O) groups excluding carboxylic acids is 1. The smallest absolute Gasteiger partial charge is 0.257 e. The summed E-state index contributed by atoms with van der Waals surface area (Å²) in [6.45, 7) is 4.64. The van der Waals surface area contributed by atoms with Crippen LogP contribution in [0.5, 0.6) is 0 Å². The van der Waals surface area contributed by atoms with E-state index in [-0.39, 0.29) is 5.91 Å². The maximum Gasteiger partial charge on any atom is 0.257 e. The minimum atomic E-state index is 0.134. The van der Waals surface area contributed by atoms with Crippen molar-refractivity contribution in [1.29, 1.82) is 0 Å². The second-order valence-corrected chi connectivity index (χ2v) is 7.93. The van der Waals surface area contributed by atoms with E-state index < -0.39 is 0 Å². The van der Waals surface area contributed by atoms with Crippen molar-refractivity contribution in [3.05, 3.63) is 52.3 Å². The summed E-state index contributed by atoms with van der Waals surface area (Å²) in [6, 6.07) is 7.60. The molecule has 2 aliphatic heterocycles.